The molecule has 0 bridgehead atoms. The molecule has 0 saturated heterocycles. The van der Waals surface area contributed by atoms with Crippen molar-refractivity contribution in [3.05, 3.63) is 34.2 Å². The van der Waals surface area contributed by atoms with E-state index in [-0.39, 0.29) is 5.91 Å². The van der Waals surface area contributed by atoms with Crippen molar-refractivity contribution in [2.45, 2.75) is 13.3 Å². The van der Waals surface area contributed by atoms with E-state index in [9.17, 15) is 4.79 Å². The van der Waals surface area contributed by atoms with Crippen molar-refractivity contribution >= 4 is 23.1 Å². The van der Waals surface area contributed by atoms with Crippen LogP contribution in [0.4, 0.5) is 5.82 Å². The summed E-state index contributed by atoms with van der Waals surface area (Å²) in [6.45, 7) is 2.06. The second-order valence-corrected chi connectivity index (χ2v) is 4.13. The number of thiophene rings is 1. The van der Waals surface area contributed by atoms with E-state index in [1.54, 1.807) is 6.07 Å². The Kier molecular flexibility index (Phi) is 2.82. The van der Waals surface area contributed by atoms with Gasteiger partial charge in [0.05, 0.1) is 4.88 Å². The second-order valence-electron chi connectivity index (χ2n) is 2.96. The highest BCUT2D eigenvalue weighted by Crippen LogP contribution is 2.18. The number of anilines is 1. The van der Waals surface area contributed by atoms with Gasteiger partial charge in [0.1, 0.15) is 6.26 Å². The van der Waals surface area contributed by atoms with Gasteiger partial charge in [0.25, 0.3) is 5.91 Å². The predicted octanol–water partition coefficient (Wildman–Crippen LogP) is 2.55. The van der Waals surface area contributed by atoms with Crippen molar-refractivity contribution in [2.24, 2.45) is 0 Å². The first-order chi connectivity index (χ1) is 7.29. The first-order valence-electron chi connectivity index (χ1n) is 4.60. The monoisotopic (exact) mass is 222 g/mol. The lowest BCUT2D eigenvalue weighted by Crippen LogP contribution is -2.10. The Bertz CT molecular complexity index is 448. The molecule has 0 fully saturated rings. The number of rotatable bonds is 3. The molecular formula is C10H10N2O2S. The average Bonchev–Trinajstić information content (AvgIpc) is 2.86. The van der Waals surface area contributed by atoms with Crippen LogP contribution >= 0.6 is 11.3 Å². The summed E-state index contributed by atoms with van der Waals surface area (Å²) in [5, 5.41) is 6.25. The topological polar surface area (TPSA) is 55.1 Å². The minimum atomic E-state index is -0.145. The van der Waals surface area contributed by atoms with Crippen LogP contribution in [0.2, 0.25) is 0 Å². The van der Waals surface area contributed by atoms with E-state index in [0.29, 0.717) is 10.7 Å². The summed E-state index contributed by atoms with van der Waals surface area (Å²) in [6.07, 6.45) is 2.36. The van der Waals surface area contributed by atoms with Crippen LogP contribution in [0, 0.1) is 0 Å². The molecule has 2 aromatic rings. The third-order valence-electron chi connectivity index (χ3n) is 1.91. The Balaban J connectivity index is 2.08. The van der Waals surface area contributed by atoms with E-state index >= 15 is 0 Å². The first-order valence-corrected chi connectivity index (χ1v) is 5.41. The highest BCUT2D eigenvalue weighted by atomic mass is 32.1. The van der Waals surface area contributed by atoms with Crippen LogP contribution in [0.25, 0.3) is 0 Å². The number of aromatic nitrogens is 1. The second kappa shape index (κ2) is 4.27. The minimum absolute atomic E-state index is 0.145. The zero-order valence-electron chi connectivity index (χ0n) is 8.19. The summed E-state index contributed by atoms with van der Waals surface area (Å²) in [4.78, 5) is 13.5. The number of hydrogen-bond acceptors (Lipinski definition) is 4. The van der Waals surface area contributed by atoms with Crippen molar-refractivity contribution in [3.63, 3.8) is 0 Å². The fraction of sp³-hybridized carbons (Fsp3) is 0.200. The van der Waals surface area contributed by atoms with Gasteiger partial charge >= 0.3 is 0 Å². The molecule has 0 aromatic carbocycles. The van der Waals surface area contributed by atoms with Gasteiger partial charge in [0.2, 0.25) is 0 Å². The number of carbonyl (C=O) groups excluding carboxylic acids is 1. The molecule has 0 aliphatic carbocycles. The highest BCUT2D eigenvalue weighted by Gasteiger charge is 2.09. The fourth-order valence-corrected chi connectivity index (χ4v) is 1.99. The molecule has 0 radical (unpaired) electrons. The van der Waals surface area contributed by atoms with E-state index in [0.717, 1.165) is 6.42 Å². The van der Waals surface area contributed by atoms with Gasteiger partial charge in [-0.3, -0.25) is 4.79 Å². The summed E-state index contributed by atoms with van der Waals surface area (Å²) < 4.78 is 4.62. The molecule has 78 valence electrons. The molecule has 2 heterocycles. The van der Waals surface area contributed by atoms with Crippen molar-refractivity contribution in [1.29, 1.82) is 0 Å². The van der Waals surface area contributed by atoms with Gasteiger partial charge in [-0.1, -0.05) is 12.1 Å². The molecule has 4 nitrogen and oxygen atoms in total. The normalized spacial score (nSPS) is 10.2. The van der Waals surface area contributed by atoms with E-state index in [1.165, 1.54) is 22.5 Å². The summed E-state index contributed by atoms with van der Waals surface area (Å²) >= 11 is 1.49. The van der Waals surface area contributed by atoms with E-state index < -0.39 is 0 Å². The summed E-state index contributed by atoms with van der Waals surface area (Å²) in [5.74, 6) is 0.292. The molecule has 0 unspecified atom stereocenters. The van der Waals surface area contributed by atoms with Gasteiger partial charge < -0.3 is 9.84 Å². The smallest absolute Gasteiger partial charge is 0.266 e. The van der Waals surface area contributed by atoms with Crippen molar-refractivity contribution in [1.82, 2.24) is 5.16 Å². The van der Waals surface area contributed by atoms with Crippen molar-refractivity contribution < 1.29 is 9.32 Å². The van der Waals surface area contributed by atoms with Crippen LogP contribution in [-0.2, 0) is 6.42 Å². The van der Waals surface area contributed by atoms with Gasteiger partial charge in [-0.15, -0.1) is 11.3 Å². The maximum Gasteiger partial charge on any atom is 0.266 e. The molecule has 0 aliphatic heterocycles. The Morgan fingerprint density at radius 1 is 1.53 bits per heavy atom. The van der Waals surface area contributed by atoms with E-state index in [4.69, 9.17) is 0 Å². The molecule has 2 rings (SSSR count). The van der Waals surface area contributed by atoms with Gasteiger partial charge in [0.15, 0.2) is 5.82 Å². The molecule has 0 atom stereocenters. The third-order valence-corrected chi connectivity index (χ3v) is 3.14. The Labute approximate surface area is 90.9 Å². The van der Waals surface area contributed by atoms with Crippen LogP contribution in [0.1, 0.15) is 21.5 Å². The first kappa shape index (κ1) is 9.92. The Morgan fingerprint density at radius 3 is 3.00 bits per heavy atom. The van der Waals surface area contributed by atoms with E-state index in [2.05, 4.69) is 21.9 Å². The van der Waals surface area contributed by atoms with Crippen LogP contribution < -0.4 is 5.32 Å². The number of amides is 1. The summed E-state index contributed by atoms with van der Waals surface area (Å²) in [6, 6.07) is 5.38. The number of nitrogens with one attached hydrogen (secondary N) is 1. The number of nitrogens with zero attached hydrogens (tertiary/aromatic N) is 1. The fourth-order valence-electron chi connectivity index (χ4n) is 1.14. The molecule has 1 amide bonds. The van der Waals surface area contributed by atoms with Crippen LogP contribution in [0.15, 0.2) is 29.0 Å². The molecule has 0 spiro atoms. The Morgan fingerprint density at radius 2 is 2.40 bits per heavy atom. The Hall–Kier alpha value is -1.62. The summed E-state index contributed by atoms with van der Waals surface area (Å²) in [5.41, 5.74) is 0. The molecule has 5 heteroatoms. The maximum atomic E-state index is 11.7. The van der Waals surface area contributed by atoms with E-state index in [1.807, 2.05) is 12.1 Å². The lowest BCUT2D eigenvalue weighted by molar-refractivity contribution is 0.102. The van der Waals surface area contributed by atoms with Gasteiger partial charge in [-0.2, -0.15) is 0 Å². The molecule has 2 aromatic heterocycles. The average molecular weight is 222 g/mol. The highest BCUT2D eigenvalue weighted by molar-refractivity contribution is 7.14. The summed E-state index contributed by atoms with van der Waals surface area (Å²) in [7, 11) is 0. The standard InChI is InChI=1S/C10H10N2O2S/c1-2-7-3-4-8(15-7)10(13)11-9-5-6-14-12-9/h3-6H,2H2,1H3,(H,11,12,13). The minimum Gasteiger partial charge on any atom is -0.363 e. The predicted molar refractivity (Wildman–Crippen MR) is 58.2 cm³/mol. The van der Waals surface area contributed by atoms with Crippen LogP contribution in [0.5, 0.6) is 0 Å². The van der Waals surface area contributed by atoms with Gasteiger partial charge in [-0.25, -0.2) is 0 Å². The zero-order valence-corrected chi connectivity index (χ0v) is 9.00. The number of hydrogen-bond donors (Lipinski definition) is 1. The lowest BCUT2D eigenvalue weighted by atomic mass is 10.3. The molecular weight excluding hydrogens is 212 g/mol. The lowest BCUT2D eigenvalue weighted by Gasteiger charge is -1.96. The van der Waals surface area contributed by atoms with Crippen molar-refractivity contribution in [3.8, 4) is 0 Å². The number of carbonyl (C=O) groups is 1. The molecule has 0 aliphatic rings. The molecule has 0 saturated carbocycles. The van der Waals surface area contributed by atoms with Crippen molar-refractivity contribution in [2.75, 3.05) is 5.32 Å². The largest absolute Gasteiger partial charge is 0.363 e. The maximum absolute atomic E-state index is 11.7. The molecule has 1 N–H and O–H groups in total. The number of aryl methyl sites for hydroxylation is 1. The van der Waals surface area contributed by atoms with Crippen LogP contribution in [0.3, 0.4) is 0 Å². The third kappa shape index (κ3) is 2.24. The quantitative estimate of drug-likeness (QED) is 0.868. The SMILES string of the molecule is CCc1ccc(C(=O)Nc2ccon2)s1. The van der Waals surface area contributed by atoms with Gasteiger partial charge in [0, 0.05) is 10.9 Å². The van der Waals surface area contributed by atoms with Crippen LogP contribution in [-0.4, -0.2) is 11.1 Å². The molecule has 15 heavy (non-hydrogen) atoms. The zero-order chi connectivity index (χ0) is 10.7. The van der Waals surface area contributed by atoms with Gasteiger partial charge in [-0.05, 0) is 18.6 Å².